The SMILES string of the molecule is COc1ccc(-c2nnc(S[C@H](C)C(=O)N[C@@H]3CCCC[C@H]3C)n2CC(C)C)cc1. The molecule has 1 amide bonds. The van der Waals surface area contributed by atoms with Crippen LogP contribution in [0.25, 0.3) is 11.4 Å². The highest BCUT2D eigenvalue weighted by Gasteiger charge is 2.26. The molecule has 3 rings (SSSR count). The minimum atomic E-state index is -0.224. The highest BCUT2D eigenvalue weighted by atomic mass is 32.2. The highest BCUT2D eigenvalue weighted by molar-refractivity contribution is 8.00. The predicted molar refractivity (Wildman–Crippen MR) is 122 cm³/mol. The number of methoxy groups -OCH3 is 1. The fourth-order valence-corrected chi connectivity index (χ4v) is 4.77. The first-order valence-corrected chi connectivity index (χ1v) is 11.8. The maximum atomic E-state index is 12.8. The normalized spacial score (nSPS) is 20.2. The van der Waals surface area contributed by atoms with E-state index in [1.807, 2.05) is 31.2 Å². The number of thioether (sulfide) groups is 1. The summed E-state index contributed by atoms with van der Waals surface area (Å²) in [6.45, 7) is 9.33. The monoisotopic (exact) mass is 430 g/mol. The van der Waals surface area contributed by atoms with E-state index in [9.17, 15) is 4.79 Å². The number of hydrogen-bond donors (Lipinski definition) is 1. The fraction of sp³-hybridized carbons (Fsp3) is 0.609. The molecule has 3 atom stereocenters. The Kier molecular flexibility index (Phi) is 7.81. The molecule has 1 heterocycles. The van der Waals surface area contributed by atoms with Gasteiger partial charge in [0.25, 0.3) is 0 Å². The molecule has 1 saturated carbocycles. The predicted octanol–water partition coefficient (Wildman–Crippen LogP) is 4.79. The van der Waals surface area contributed by atoms with Crippen molar-refractivity contribution in [1.29, 1.82) is 0 Å². The minimum Gasteiger partial charge on any atom is -0.497 e. The topological polar surface area (TPSA) is 69.0 Å². The molecule has 2 aromatic rings. The van der Waals surface area contributed by atoms with Crippen LogP contribution in [0.5, 0.6) is 5.75 Å². The molecule has 1 aliphatic carbocycles. The number of aromatic nitrogens is 3. The Labute approximate surface area is 184 Å². The molecule has 1 aromatic heterocycles. The van der Waals surface area contributed by atoms with Crippen LogP contribution in [0.15, 0.2) is 29.4 Å². The van der Waals surface area contributed by atoms with Gasteiger partial charge in [-0.2, -0.15) is 0 Å². The number of carbonyl (C=O) groups excluding carboxylic acids is 1. The Morgan fingerprint density at radius 3 is 2.53 bits per heavy atom. The van der Waals surface area contributed by atoms with Crippen molar-refractivity contribution < 1.29 is 9.53 Å². The number of nitrogens with one attached hydrogen (secondary N) is 1. The molecule has 0 saturated heterocycles. The molecule has 0 bridgehead atoms. The third-order valence-corrected chi connectivity index (χ3v) is 6.78. The minimum absolute atomic E-state index is 0.0869. The molecule has 0 spiro atoms. The van der Waals surface area contributed by atoms with Crippen LogP contribution in [0.3, 0.4) is 0 Å². The van der Waals surface area contributed by atoms with Crippen molar-refractivity contribution in [2.45, 2.75) is 76.4 Å². The third kappa shape index (κ3) is 5.56. The molecule has 1 N–H and O–H groups in total. The Hall–Kier alpha value is -2.02. The van der Waals surface area contributed by atoms with E-state index in [1.165, 1.54) is 31.0 Å². The molecular weight excluding hydrogens is 396 g/mol. The van der Waals surface area contributed by atoms with Crippen molar-refractivity contribution in [3.8, 4) is 17.1 Å². The van der Waals surface area contributed by atoms with Gasteiger partial charge in [-0.05, 0) is 55.9 Å². The molecule has 0 aliphatic heterocycles. The van der Waals surface area contributed by atoms with Gasteiger partial charge in [-0.1, -0.05) is 45.4 Å². The van der Waals surface area contributed by atoms with E-state index in [0.717, 1.165) is 35.3 Å². The van der Waals surface area contributed by atoms with Crippen LogP contribution in [-0.2, 0) is 11.3 Å². The van der Waals surface area contributed by atoms with Gasteiger partial charge in [0.15, 0.2) is 11.0 Å². The second kappa shape index (κ2) is 10.3. The van der Waals surface area contributed by atoms with E-state index >= 15 is 0 Å². The second-order valence-corrected chi connectivity index (χ2v) is 9.98. The van der Waals surface area contributed by atoms with Gasteiger partial charge in [-0.25, -0.2) is 0 Å². The van der Waals surface area contributed by atoms with E-state index in [-0.39, 0.29) is 17.2 Å². The fourth-order valence-electron chi connectivity index (χ4n) is 3.90. The third-order valence-electron chi connectivity index (χ3n) is 5.70. The quantitative estimate of drug-likeness (QED) is 0.610. The van der Waals surface area contributed by atoms with Gasteiger partial charge >= 0.3 is 0 Å². The lowest BCUT2D eigenvalue weighted by Crippen LogP contribution is -2.44. The maximum absolute atomic E-state index is 12.8. The molecule has 1 aliphatic rings. The van der Waals surface area contributed by atoms with E-state index in [4.69, 9.17) is 4.74 Å². The summed E-state index contributed by atoms with van der Waals surface area (Å²) in [4.78, 5) is 12.8. The maximum Gasteiger partial charge on any atom is 0.233 e. The van der Waals surface area contributed by atoms with Gasteiger partial charge in [-0.15, -0.1) is 10.2 Å². The van der Waals surface area contributed by atoms with Crippen LogP contribution in [-0.4, -0.2) is 39.1 Å². The highest BCUT2D eigenvalue weighted by Crippen LogP contribution is 2.30. The van der Waals surface area contributed by atoms with Crippen molar-refractivity contribution in [2.75, 3.05) is 7.11 Å². The van der Waals surface area contributed by atoms with E-state index in [0.29, 0.717) is 11.8 Å². The van der Waals surface area contributed by atoms with Gasteiger partial charge in [0, 0.05) is 18.2 Å². The lowest BCUT2D eigenvalue weighted by atomic mass is 9.86. The lowest BCUT2D eigenvalue weighted by Gasteiger charge is -2.30. The summed E-state index contributed by atoms with van der Waals surface area (Å²) < 4.78 is 7.39. The first kappa shape index (κ1) is 22.7. The zero-order valence-corrected chi connectivity index (χ0v) is 19.5. The number of rotatable bonds is 8. The molecule has 1 fully saturated rings. The summed E-state index contributed by atoms with van der Waals surface area (Å²) in [6.07, 6.45) is 4.74. The number of ether oxygens (including phenoxy) is 1. The lowest BCUT2D eigenvalue weighted by molar-refractivity contribution is -0.121. The molecule has 1 aromatic carbocycles. The summed E-state index contributed by atoms with van der Waals surface area (Å²) in [5.74, 6) is 2.70. The summed E-state index contributed by atoms with van der Waals surface area (Å²) in [5, 5.41) is 12.7. The van der Waals surface area contributed by atoms with E-state index < -0.39 is 0 Å². The van der Waals surface area contributed by atoms with Crippen molar-refractivity contribution in [3.63, 3.8) is 0 Å². The molecule has 0 unspecified atom stereocenters. The molecule has 164 valence electrons. The zero-order valence-electron chi connectivity index (χ0n) is 18.7. The zero-order chi connectivity index (χ0) is 21.7. The Balaban J connectivity index is 1.75. The van der Waals surface area contributed by atoms with Crippen LogP contribution in [0.1, 0.15) is 53.4 Å². The number of amides is 1. The van der Waals surface area contributed by atoms with Gasteiger partial charge in [0.05, 0.1) is 12.4 Å². The van der Waals surface area contributed by atoms with Gasteiger partial charge < -0.3 is 14.6 Å². The second-order valence-electron chi connectivity index (χ2n) is 8.68. The van der Waals surface area contributed by atoms with Gasteiger partial charge in [0.1, 0.15) is 5.75 Å². The van der Waals surface area contributed by atoms with Crippen molar-refractivity contribution >= 4 is 17.7 Å². The van der Waals surface area contributed by atoms with Gasteiger partial charge in [0.2, 0.25) is 5.91 Å². The van der Waals surface area contributed by atoms with Crippen LogP contribution in [0, 0.1) is 11.8 Å². The average molecular weight is 431 g/mol. The molecule has 7 heteroatoms. The van der Waals surface area contributed by atoms with E-state index in [1.54, 1.807) is 7.11 Å². The Morgan fingerprint density at radius 2 is 1.90 bits per heavy atom. The van der Waals surface area contributed by atoms with Crippen LogP contribution in [0.4, 0.5) is 0 Å². The van der Waals surface area contributed by atoms with Crippen molar-refractivity contribution in [1.82, 2.24) is 20.1 Å². The molecule has 6 nitrogen and oxygen atoms in total. The number of carbonyl (C=O) groups is 1. The van der Waals surface area contributed by atoms with Gasteiger partial charge in [-0.3, -0.25) is 4.79 Å². The van der Waals surface area contributed by atoms with Crippen LogP contribution < -0.4 is 10.1 Å². The number of nitrogens with zero attached hydrogens (tertiary/aromatic N) is 3. The molecule has 0 radical (unpaired) electrons. The Morgan fingerprint density at radius 1 is 1.20 bits per heavy atom. The largest absolute Gasteiger partial charge is 0.497 e. The molecular formula is C23H34N4O2S. The van der Waals surface area contributed by atoms with E-state index in [2.05, 4.69) is 40.9 Å². The summed E-state index contributed by atoms with van der Waals surface area (Å²) in [6, 6.07) is 8.14. The van der Waals surface area contributed by atoms with Crippen LogP contribution in [0.2, 0.25) is 0 Å². The first-order valence-electron chi connectivity index (χ1n) is 10.9. The smallest absolute Gasteiger partial charge is 0.233 e. The number of hydrogen-bond acceptors (Lipinski definition) is 5. The molecule has 30 heavy (non-hydrogen) atoms. The summed E-state index contributed by atoms with van der Waals surface area (Å²) in [5.41, 5.74) is 0.990. The number of benzene rings is 1. The van der Waals surface area contributed by atoms with Crippen molar-refractivity contribution in [2.24, 2.45) is 11.8 Å². The van der Waals surface area contributed by atoms with Crippen molar-refractivity contribution in [3.05, 3.63) is 24.3 Å². The average Bonchev–Trinajstić information content (AvgIpc) is 3.11. The summed E-state index contributed by atoms with van der Waals surface area (Å²) >= 11 is 1.49. The summed E-state index contributed by atoms with van der Waals surface area (Å²) in [7, 11) is 1.66. The van der Waals surface area contributed by atoms with Crippen LogP contribution >= 0.6 is 11.8 Å². The Bertz CT molecular complexity index is 834. The first-order chi connectivity index (χ1) is 14.4. The standard InChI is InChI=1S/C23H34N4O2S/c1-15(2)14-27-21(18-10-12-19(29-5)13-11-18)25-26-23(27)30-17(4)22(28)24-20-9-7-6-8-16(20)3/h10-13,15-17,20H,6-9,14H2,1-5H3,(H,24,28)/t16-,17-,20-/m1/s1.